The molecule has 0 atom stereocenters. The summed E-state index contributed by atoms with van der Waals surface area (Å²) in [6.45, 7) is 2.69. The Hall–Kier alpha value is -3.42. The average molecular weight is 498 g/mol. The highest BCUT2D eigenvalue weighted by Gasteiger charge is 2.33. The lowest BCUT2D eigenvalue weighted by Gasteiger charge is -2.28. The molecule has 0 bridgehead atoms. The Morgan fingerprint density at radius 3 is 2.53 bits per heavy atom. The van der Waals surface area contributed by atoms with E-state index in [1.807, 2.05) is 24.3 Å². The second-order valence-electron chi connectivity index (χ2n) is 9.25. The van der Waals surface area contributed by atoms with Gasteiger partial charge in [0.25, 0.3) is 11.5 Å². The van der Waals surface area contributed by atoms with Crippen molar-refractivity contribution in [3.8, 4) is 0 Å². The summed E-state index contributed by atoms with van der Waals surface area (Å²) in [5.74, 6) is 0.0329. The molecule has 0 aliphatic carbocycles. The Kier molecular flexibility index (Phi) is 7.91. The Bertz CT molecular complexity index is 1270. The number of halogens is 3. The van der Waals surface area contributed by atoms with Gasteiger partial charge in [0.15, 0.2) is 0 Å². The van der Waals surface area contributed by atoms with Crippen LogP contribution in [-0.2, 0) is 32.0 Å². The number of fused-ring (bicyclic) bond motifs is 1. The predicted octanol–water partition coefficient (Wildman–Crippen LogP) is 5.70. The van der Waals surface area contributed by atoms with Gasteiger partial charge in [0.1, 0.15) is 5.82 Å². The van der Waals surface area contributed by atoms with Gasteiger partial charge in [-0.3, -0.25) is 9.59 Å². The van der Waals surface area contributed by atoms with Gasteiger partial charge in [-0.05, 0) is 42.2 Å². The molecule has 190 valence electrons. The molecule has 4 rings (SSSR count). The van der Waals surface area contributed by atoms with E-state index in [-0.39, 0.29) is 30.3 Å². The Morgan fingerprint density at radius 1 is 1.06 bits per heavy atom. The molecular weight excluding hydrogens is 467 g/mol. The number of carbonyl (C=O) groups is 1. The zero-order chi connectivity index (χ0) is 25.7. The zero-order valence-electron chi connectivity index (χ0n) is 20.3. The Balaban J connectivity index is 1.45. The lowest BCUT2D eigenvalue weighted by atomic mass is 10.0. The molecule has 1 amide bonds. The summed E-state index contributed by atoms with van der Waals surface area (Å²) in [6.07, 6.45) is 1.48. The number of benzene rings is 2. The molecule has 1 aliphatic rings. The van der Waals surface area contributed by atoms with Gasteiger partial charge in [0, 0.05) is 24.9 Å². The van der Waals surface area contributed by atoms with Gasteiger partial charge in [0.05, 0.1) is 23.4 Å². The number of carbonyl (C=O) groups excluding carboxylic acids is 1. The molecule has 2 heterocycles. The van der Waals surface area contributed by atoms with E-state index >= 15 is 0 Å². The van der Waals surface area contributed by atoms with E-state index in [2.05, 4.69) is 16.9 Å². The van der Waals surface area contributed by atoms with Crippen LogP contribution in [0.25, 0.3) is 0 Å². The van der Waals surface area contributed by atoms with Crippen LogP contribution in [0.2, 0.25) is 0 Å². The van der Waals surface area contributed by atoms with Crippen LogP contribution in [0, 0.1) is 0 Å². The fourth-order valence-electron chi connectivity index (χ4n) is 4.62. The first-order chi connectivity index (χ1) is 17.3. The third kappa shape index (κ3) is 6.04. The molecule has 0 saturated heterocycles. The summed E-state index contributed by atoms with van der Waals surface area (Å²) in [6, 6.07) is 12.9. The zero-order valence-corrected chi connectivity index (χ0v) is 20.3. The average Bonchev–Trinajstić information content (AvgIpc) is 2.86. The van der Waals surface area contributed by atoms with Gasteiger partial charge < -0.3 is 9.88 Å². The number of hydrogen-bond acceptors (Lipinski definition) is 3. The summed E-state index contributed by atoms with van der Waals surface area (Å²) >= 11 is 0. The monoisotopic (exact) mass is 497 g/mol. The lowest BCUT2D eigenvalue weighted by molar-refractivity contribution is -0.138. The van der Waals surface area contributed by atoms with E-state index in [0.29, 0.717) is 29.8 Å². The fourth-order valence-corrected chi connectivity index (χ4v) is 4.62. The molecule has 0 saturated carbocycles. The van der Waals surface area contributed by atoms with Crippen LogP contribution in [0.3, 0.4) is 0 Å². The number of aromatic amines is 1. The minimum atomic E-state index is -4.49. The highest BCUT2D eigenvalue weighted by Crippen LogP contribution is 2.32. The number of nitrogens with zero attached hydrogens (tertiary/aromatic N) is 2. The van der Waals surface area contributed by atoms with E-state index in [1.54, 1.807) is 4.90 Å². The maximum atomic E-state index is 13.3. The maximum absolute atomic E-state index is 13.3. The number of hydrogen-bond donors (Lipinski definition) is 1. The summed E-state index contributed by atoms with van der Waals surface area (Å²) < 4.78 is 40.0. The van der Waals surface area contributed by atoms with Crippen molar-refractivity contribution in [1.82, 2.24) is 14.9 Å². The highest BCUT2D eigenvalue weighted by atomic mass is 19.4. The number of nitrogens with one attached hydrogen (secondary N) is 1. The molecule has 2 aromatic carbocycles. The summed E-state index contributed by atoms with van der Waals surface area (Å²) in [4.78, 5) is 34.6. The van der Waals surface area contributed by atoms with E-state index in [0.717, 1.165) is 18.9 Å². The topological polar surface area (TPSA) is 66.1 Å². The first-order valence-electron chi connectivity index (χ1n) is 12.4. The normalized spacial score (nSPS) is 13.5. The Morgan fingerprint density at radius 2 is 1.81 bits per heavy atom. The molecule has 8 heteroatoms. The van der Waals surface area contributed by atoms with Crippen molar-refractivity contribution in [3.63, 3.8) is 0 Å². The van der Waals surface area contributed by atoms with Crippen LogP contribution >= 0.6 is 0 Å². The van der Waals surface area contributed by atoms with Gasteiger partial charge >= 0.3 is 6.18 Å². The minimum Gasteiger partial charge on any atom is -0.334 e. The van der Waals surface area contributed by atoms with Crippen molar-refractivity contribution in [2.45, 2.75) is 64.6 Å². The van der Waals surface area contributed by atoms with Gasteiger partial charge in [0.2, 0.25) is 0 Å². The molecule has 1 aromatic heterocycles. The number of aryl methyl sites for hydroxylation is 1. The van der Waals surface area contributed by atoms with Crippen molar-refractivity contribution in [1.29, 1.82) is 0 Å². The molecule has 0 radical (unpaired) electrons. The van der Waals surface area contributed by atoms with Crippen LogP contribution in [0.15, 0.2) is 53.3 Å². The molecule has 3 aromatic rings. The van der Waals surface area contributed by atoms with Crippen molar-refractivity contribution in [2.24, 2.45) is 0 Å². The molecular formula is C28H30F3N3O2. The molecule has 0 unspecified atom stereocenters. The maximum Gasteiger partial charge on any atom is 0.416 e. The minimum absolute atomic E-state index is 0.0505. The Labute approximate surface area is 208 Å². The van der Waals surface area contributed by atoms with Crippen LogP contribution in [-0.4, -0.2) is 27.3 Å². The number of aromatic nitrogens is 2. The van der Waals surface area contributed by atoms with Crippen molar-refractivity contribution < 1.29 is 18.0 Å². The first-order valence-corrected chi connectivity index (χ1v) is 12.4. The number of H-pyrrole nitrogens is 1. The van der Waals surface area contributed by atoms with Gasteiger partial charge in [-0.1, -0.05) is 56.5 Å². The van der Waals surface area contributed by atoms with E-state index < -0.39 is 17.3 Å². The summed E-state index contributed by atoms with van der Waals surface area (Å²) in [7, 11) is 0. The molecule has 1 N–H and O–H groups in total. The van der Waals surface area contributed by atoms with Crippen LogP contribution in [0.5, 0.6) is 0 Å². The van der Waals surface area contributed by atoms with Crippen molar-refractivity contribution >= 4 is 5.91 Å². The standard InChI is InChI=1S/C28H30F3N3O2/c1-2-3-4-5-8-19-11-13-20(14-12-19)27(36)34-16-15-24-22(18-34)26(35)33-25(32-24)17-21-9-6-7-10-23(21)28(29,30)31/h6-7,9-14H,2-5,8,15-18H2,1H3,(H,32,33,35). The third-order valence-corrected chi connectivity index (χ3v) is 6.61. The number of alkyl halides is 3. The number of unbranched alkanes of at least 4 members (excludes halogenated alkanes) is 3. The number of amides is 1. The summed E-state index contributed by atoms with van der Waals surface area (Å²) in [5.41, 5.74) is 1.58. The number of rotatable bonds is 8. The van der Waals surface area contributed by atoms with Crippen LogP contribution in [0.4, 0.5) is 13.2 Å². The van der Waals surface area contributed by atoms with E-state index in [9.17, 15) is 22.8 Å². The van der Waals surface area contributed by atoms with E-state index in [4.69, 9.17) is 0 Å². The van der Waals surface area contributed by atoms with Crippen molar-refractivity contribution in [2.75, 3.05) is 6.54 Å². The SMILES string of the molecule is CCCCCCc1ccc(C(=O)N2CCc3nc(Cc4ccccc4C(F)(F)F)[nH]c(=O)c3C2)cc1. The fraction of sp³-hybridized carbons (Fsp3) is 0.393. The van der Waals surface area contributed by atoms with Crippen LogP contribution in [0.1, 0.15) is 76.7 Å². The predicted molar refractivity (Wildman–Crippen MR) is 132 cm³/mol. The lowest BCUT2D eigenvalue weighted by Crippen LogP contribution is -2.39. The molecule has 0 spiro atoms. The second-order valence-corrected chi connectivity index (χ2v) is 9.25. The molecule has 36 heavy (non-hydrogen) atoms. The smallest absolute Gasteiger partial charge is 0.334 e. The molecule has 5 nitrogen and oxygen atoms in total. The quantitative estimate of drug-likeness (QED) is 0.406. The highest BCUT2D eigenvalue weighted by molar-refractivity contribution is 5.94. The van der Waals surface area contributed by atoms with Crippen molar-refractivity contribution in [3.05, 3.63) is 98.2 Å². The summed E-state index contributed by atoms with van der Waals surface area (Å²) in [5, 5.41) is 0. The largest absolute Gasteiger partial charge is 0.416 e. The molecule has 1 aliphatic heterocycles. The van der Waals surface area contributed by atoms with Crippen LogP contribution < -0.4 is 5.56 Å². The third-order valence-electron chi connectivity index (χ3n) is 6.61. The molecule has 0 fully saturated rings. The second kappa shape index (κ2) is 11.1. The van der Waals surface area contributed by atoms with Gasteiger partial charge in [-0.25, -0.2) is 4.98 Å². The van der Waals surface area contributed by atoms with E-state index in [1.165, 1.54) is 43.0 Å². The van der Waals surface area contributed by atoms with Gasteiger partial charge in [-0.15, -0.1) is 0 Å². The first kappa shape index (κ1) is 25.7. The van der Waals surface area contributed by atoms with Gasteiger partial charge in [-0.2, -0.15) is 13.2 Å².